The standard InChI is InChI=1S/C13H26N2OS/c1-12(2)4-3-5-13(16)15-8-6-14(7-9-15)10-11-17/h12,17H,3-11H2,1-2H3. The van der Waals surface area contributed by atoms with Crippen LogP contribution in [0.3, 0.4) is 0 Å². The molecule has 1 aliphatic heterocycles. The fourth-order valence-electron chi connectivity index (χ4n) is 2.18. The molecule has 0 aromatic heterocycles. The van der Waals surface area contributed by atoms with Crippen LogP contribution in [0.5, 0.6) is 0 Å². The van der Waals surface area contributed by atoms with Gasteiger partial charge in [0, 0.05) is 44.9 Å². The lowest BCUT2D eigenvalue weighted by atomic mass is 10.1. The summed E-state index contributed by atoms with van der Waals surface area (Å²) in [6, 6.07) is 0. The van der Waals surface area contributed by atoms with Crippen molar-refractivity contribution in [2.24, 2.45) is 5.92 Å². The largest absolute Gasteiger partial charge is 0.340 e. The second kappa shape index (κ2) is 7.98. The van der Waals surface area contributed by atoms with E-state index in [1.54, 1.807) is 0 Å². The smallest absolute Gasteiger partial charge is 0.222 e. The van der Waals surface area contributed by atoms with Crippen molar-refractivity contribution in [2.45, 2.75) is 33.1 Å². The zero-order valence-corrected chi connectivity index (χ0v) is 12.1. The number of nitrogens with zero attached hydrogens (tertiary/aromatic N) is 2. The third-order valence-electron chi connectivity index (χ3n) is 3.31. The highest BCUT2D eigenvalue weighted by atomic mass is 32.1. The van der Waals surface area contributed by atoms with Crippen molar-refractivity contribution in [3.8, 4) is 0 Å². The summed E-state index contributed by atoms with van der Waals surface area (Å²) in [5.41, 5.74) is 0. The first-order valence-electron chi connectivity index (χ1n) is 6.74. The van der Waals surface area contributed by atoms with Crippen LogP contribution < -0.4 is 0 Å². The average molecular weight is 258 g/mol. The molecule has 0 aromatic rings. The normalized spacial score (nSPS) is 17.8. The molecular weight excluding hydrogens is 232 g/mol. The van der Waals surface area contributed by atoms with Gasteiger partial charge in [-0.05, 0) is 12.3 Å². The Morgan fingerprint density at radius 2 is 1.88 bits per heavy atom. The highest BCUT2D eigenvalue weighted by molar-refractivity contribution is 7.80. The molecule has 0 bridgehead atoms. The maximum atomic E-state index is 11.9. The fraction of sp³-hybridized carbons (Fsp3) is 0.923. The van der Waals surface area contributed by atoms with Crippen LogP contribution in [0.2, 0.25) is 0 Å². The van der Waals surface area contributed by atoms with Crippen LogP contribution in [0, 0.1) is 5.92 Å². The van der Waals surface area contributed by atoms with Crippen LogP contribution in [0.15, 0.2) is 0 Å². The number of hydrogen-bond acceptors (Lipinski definition) is 3. The van der Waals surface area contributed by atoms with Gasteiger partial charge in [0.1, 0.15) is 0 Å². The number of amides is 1. The van der Waals surface area contributed by atoms with E-state index in [9.17, 15) is 4.79 Å². The second-order valence-corrected chi connectivity index (χ2v) is 5.68. The molecular formula is C13H26N2OS. The Balaban J connectivity index is 2.17. The Labute approximate surface area is 111 Å². The predicted molar refractivity (Wildman–Crippen MR) is 75.6 cm³/mol. The van der Waals surface area contributed by atoms with E-state index in [1.807, 2.05) is 4.90 Å². The Morgan fingerprint density at radius 3 is 2.41 bits per heavy atom. The summed E-state index contributed by atoms with van der Waals surface area (Å²) in [6.07, 6.45) is 2.92. The fourth-order valence-corrected chi connectivity index (χ4v) is 2.46. The van der Waals surface area contributed by atoms with Gasteiger partial charge in [-0.25, -0.2) is 0 Å². The summed E-state index contributed by atoms with van der Waals surface area (Å²) in [4.78, 5) is 16.3. The third kappa shape index (κ3) is 5.77. The predicted octanol–water partition coefficient (Wildman–Crippen LogP) is 1.89. The molecule has 3 nitrogen and oxygen atoms in total. The van der Waals surface area contributed by atoms with E-state index in [2.05, 4.69) is 31.4 Å². The molecule has 100 valence electrons. The molecule has 0 N–H and O–H groups in total. The lowest BCUT2D eigenvalue weighted by Crippen LogP contribution is -2.49. The van der Waals surface area contributed by atoms with E-state index in [4.69, 9.17) is 0 Å². The number of rotatable bonds is 6. The minimum Gasteiger partial charge on any atom is -0.340 e. The molecule has 4 heteroatoms. The molecule has 17 heavy (non-hydrogen) atoms. The van der Waals surface area contributed by atoms with Crippen LogP contribution in [0.4, 0.5) is 0 Å². The summed E-state index contributed by atoms with van der Waals surface area (Å²) in [7, 11) is 0. The van der Waals surface area contributed by atoms with E-state index in [0.717, 1.165) is 57.7 Å². The van der Waals surface area contributed by atoms with Crippen LogP contribution in [-0.4, -0.2) is 54.2 Å². The summed E-state index contributed by atoms with van der Waals surface area (Å²) in [5, 5.41) is 0. The van der Waals surface area contributed by atoms with Crippen LogP contribution >= 0.6 is 12.6 Å². The van der Waals surface area contributed by atoms with Gasteiger partial charge in [-0.2, -0.15) is 12.6 Å². The van der Waals surface area contributed by atoms with Gasteiger partial charge in [0.2, 0.25) is 5.91 Å². The molecule has 0 spiro atoms. The molecule has 1 amide bonds. The Hall–Kier alpha value is -0.220. The van der Waals surface area contributed by atoms with Crippen LogP contribution in [-0.2, 0) is 4.79 Å². The minimum atomic E-state index is 0.344. The third-order valence-corrected chi connectivity index (χ3v) is 3.51. The molecule has 1 rings (SSSR count). The van der Waals surface area contributed by atoms with Gasteiger partial charge < -0.3 is 4.90 Å². The molecule has 0 saturated carbocycles. The average Bonchev–Trinajstić information content (AvgIpc) is 2.30. The molecule has 1 fully saturated rings. The first kappa shape index (κ1) is 14.8. The number of hydrogen-bond donors (Lipinski definition) is 1. The molecule has 1 saturated heterocycles. The van der Waals surface area contributed by atoms with Gasteiger partial charge >= 0.3 is 0 Å². The maximum absolute atomic E-state index is 11.9. The zero-order chi connectivity index (χ0) is 12.7. The van der Waals surface area contributed by atoms with Crippen molar-refractivity contribution in [3.05, 3.63) is 0 Å². The Bertz CT molecular complexity index is 225. The van der Waals surface area contributed by atoms with E-state index in [-0.39, 0.29) is 0 Å². The quantitative estimate of drug-likeness (QED) is 0.736. The van der Waals surface area contributed by atoms with Gasteiger partial charge in [-0.15, -0.1) is 0 Å². The topological polar surface area (TPSA) is 23.6 Å². The summed E-state index contributed by atoms with van der Waals surface area (Å²) < 4.78 is 0. The SMILES string of the molecule is CC(C)CCCC(=O)N1CCN(CCS)CC1. The molecule has 0 unspecified atom stereocenters. The van der Waals surface area contributed by atoms with E-state index in [0.29, 0.717) is 11.8 Å². The lowest BCUT2D eigenvalue weighted by Gasteiger charge is -2.34. The van der Waals surface area contributed by atoms with Gasteiger partial charge in [-0.3, -0.25) is 9.69 Å². The molecule has 0 radical (unpaired) electrons. The molecule has 0 aromatic carbocycles. The Kier molecular flexibility index (Phi) is 6.97. The van der Waals surface area contributed by atoms with E-state index in [1.165, 1.54) is 0 Å². The summed E-state index contributed by atoms with van der Waals surface area (Å²) in [6.45, 7) is 9.27. The molecule has 0 aliphatic carbocycles. The van der Waals surface area contributed by atoms with Crippen molar-refractivity contribution in [1.82, 2.24) is 9.80 Å². The second-order valence-electron chi connectivity index (χ2n) is 5.23. The van der Waals surface area contributed by atoms with Gasteiger partial charge in [0.15, 0.2) is 0 Å². The lowest BCUT2D eigenvalue weighted by molar-refractivity contribution is -0.133. The molecule has 0 atom stereocenters. The number of piperazine rings is 1. The first-order chi connectivity index (χ1) is 8.13. The van der Waals surface area contributed by atoms with Crippen molar-refractivity contribution < 1.29 is 4.79 Å². The monoisotopic (exact) mass is 258 g/mol. The number of thiol groups is 1. The van der Waals surface area contributed by atoms with Crippen LogP contribution in [0.1, 0.15) is 33.1 Å². The van der Waals surface area contributed by atoms with Crippen molar-refractivity contribution in [2.75, 3.05) is 38.5 Å². The minimum absolute atomic E-state index is 0.344. The first-order valence-corrected chi connectivity index (χ1v) is 7.37. The summed E-state index contributed by atoms with van der Waals surface area (Å²) in [5.74, 6) is 1.95. The van der Waals surface area contributed by atoms with Gasteiger partial charge in [0.25, 0.3) is 0 Å². The van der Waals surface area contributed by atoms with Crippen molar-refractivity contribution in [1.29, 1.82) is 0 Å². The van der Waals surface area contributed by atoms with Crippen molar-refractivity contribution >= 4 is 18.5 Å². The summed E-state index contributed by atoms with van der Waals surface area (Å²) >= 11 is 4.24. The molecule has 1 heterocycles. The van der Waals surface area contributed by atoms with Gasteiger partial charge in [0.05, 0.1) is 0 Å². The van der Waals surface area contributed by atoms with Crippen molar-refractivity contribution in [3.63, 3.8) is 0 Å². The maximum Gasteiger partial charge on any atom is 0.222 e. The van der Waals surface area contributed by atoms with Crippen LogP contribution in [0.25, 0.3) is 0 Å². The Morgan fingerprint density at radius 1 is 1.24 bits per heavy atom. The van der Waals surface area contributed by atoms with E-state index >= 15 is 0 Å². The number of carbonyl (C=O) groups excluding carboxylic acids is 1. The number of carbonyl (C=O) groups is 1. The zero-order valence-electron chi connectivity index (χ0n) is 11.2. The highest BCUT2D eigenvalue weighted by Gasteiger charge is 2.19. The highest BCUT2D eigenvalue weighted by Crippen LogP contribution is 2.10. The van der Waals surface area contributed by atoms with E-state index < -0.39 is 0 Å². The molecule has 1 aliphatic rings. The van der Waals surface area contributed by atoms with Gasteiger partial charge in [-0.1, -0.05) is 20.3 Å².